The first kappa shape index (κ1) is 22.5. The molecule has 6 heteroatoms. The normalized spacial score (nSPS) is 14.3. The van der Waals surface area contributed by atoms with Gasteiger partial charge in [0.05, 0.1) is 4.90 Å². The molecule has 0 fully saturated rings. The molecule has 1 aromatic carbocycles. The number of carboxylic acid groups (broad SMARTS) is 1. The Morgan fingerprint density at radius 2 is 1.46 bits per heavy atom. The highest BCUT2D eigenvalue weighted by Crippen LogP contribution is 2.41. The first-order chi connectivity index (χ1) is 11.6. The molecule has 26 heavy (non-hydrogen) atoms. The minimum Gasteiger partial charge on any atom is -0.507 e. The number of phenols is 1. The van der Waals surface area contributed by atoms with E-state index in [9.17, 15) is 23.4 Å². The molecule has 2 N–H and O–H groups in total. The van der Waals surface area contributed by atoms with E-state index in [1.807, 2.05) is 48.5 Å². The summed E-state index contributed by atoms with van der Waals surface area (Å²) >= 11 is 0. The van der Waals surface area contributed by atoms with E-state index in [-0.39, 0.29) is 17.1 Å². The fourth-order valence-electron chi connectivity index (χ4n) is 2.88. The maximum Gasteiger partial charge on any atom is 0.322 e. The van der Waals surface area contributed by atoms with Crippen LogP contribution in [-0.4, -0.2) is 29.9 Å². The van der Waals surface area contributed by atoms with Gasteiger partial charge in [-0.3, -0.25) is 4.79 Å². The topological polar surface area (TPSA) is 91.7 Å². The predicted molar refractivity (Wildman–Crippen MR) is 104 cm³/mol. The summed E-state index contributed by atoms with van der Waals surface area (Å²) in [5.41, 5.74) is 0.0291. The summed E-state index contributed by atoms with van der Waals surface area (Å²) in [5.74, 6) is -1.26. The van der Waals surface area contributed by atoms with Crippen LogP contribution in [0.5, 0.6) is 5.75 Å². The van der Waals surface area contributed by atoms with Crippen molar-refractivity contribution >= 4 is 15.8 Å². The number of rotatable bonds is 6. The van der Waals surface area contributed by atoms with E-state index >= 15 is 0 Å². The van der Waals surface area contributed by atoms with Crippen molar-refractivity contribution in [2.24, 2.45) is 0 Å². The zero-order chi connectivity index (χ0) is 20.5. The van der Waals surface area contributed by atoms with Crippen molar-refractivity contribution in [2.45, 2.75) is 88.7 Å². The molecule has 1 aromatic rings. The molecule has 0 aliphatic carbocycles. The number of hydrogen-bond donors (Lipinski definition) is 2. The van der Waals surface area contributed by atoms with Gasteiger partial charge in [0, 0.05) is 11.1 Å². The molecule has 5 nitrogen and oxygen atoms in total. The fraction of sp³-hybridized carbons (Fsp3) is 0.650. The maximum absolute atomic E-state index is 13.1. The van der Waals surface area contributed by atoms with Crippen molar-refractivity contribution in [3.63, 3.8) is 0 Å². The first-order valence-corrected chi connectivity index (χ1v) is 10.5. The average Bonchev–Trinajstić information content (AvgIpc) is 2.44. The molecule has 1 rings (SSSR count). The zero-order valence-corrected chi connectivity index (χ0v) is 17.7. The summed E-state index contributed by atoms with van der Waals surface area (Å²) in [6.07, 6.45) is 1.31. The Morgan fingerprint density at radius 1 is 1.04 bits per heavy atom. The highest BCUT2D eigenvalue weighted by Gasteiger charge is 2.36. The summed E-state index contributed by atoms with van der Waals surface area (Å²) in [7, 11) is -4.07. The van der Waals surface area contributed by atoms with E-state index in [0.29, 0.717) is 17.5 Å². The lowest BCUT2D eigenvalue weighted by Crippen LogP contribution is -2.31. The lowest BCUT2D eigenvalue weighted by molar-refractivity contribution is -0.136. The minimum absolute atomic E-state index is 0.0337. The number of sulfone groups is 1. The van der Waals surface area contributed by atoms with E-state index < -0.39 is 31.9 Å². The molecule has 0 saturated carbocycles. The van der Waals surface area contributed by atoms with Crippen LogP contribution in [-0.2, 0) is 25.5 Å². The standard InChI is InChI=1S/C20H32O5S/c1-8-9-10-16(18(22)23)26(24,25)13-11-14(19(2,3)4)17(21)15(12-13)20(5,6)7/h11-12,16,21H,8-10H2,1-7H3,(H,22,23). The molecular formula is C20H32O5S. The van der Waals surface area contributed by atoms with Gasteiger partial charge in [0.2, 0.25) is 0 Å². The second-order valence-electron chi connectivity index (χ2n) is 8.88. The van der Waals surface area contributed by atoms with Gasteiger partial charge in [-0.15, -0.1) is 0 Å². The summed E-state index contributed by atoms with van der Waals surface area (Å²) < 4.78 is 26.2. The third-order valence-electron chi connectivity index (χ3n) is 4.50. The molecule has 0 amide bonds. The summed E-state index contributed by atoms with van der Waals surface area (Å²) in [5, 5.41) is 18.7. The SMILES string of the molecule is CCCCC(C(=O)O)S(=O)(=O)c1cc(C(C)(C)C)c(O)c(C(C)(C)C)c1. The second kappa shape index (κ2) is 7.59. The van der Waals surface area contributed by atoms with Crippen molar-refractivity contribution in [3.05, 3.63) is 23.3 Å². The Hall–Kier alpha value is -1.56. The molecular weight excluding hydrogens is 352 g/mol. The third kappa shape index (κ3) is 4.78. The zero-order valence-electron chi connectivity index (χ0n) is 16.9. The molecule has 0 saturated heterocycles. The highest BCUT2D eigenvalue weighted by molar-refractivity contribution is 7.92. The van der Waals surface area contributed by atoms with Crippen LogP contribution in [0.2, 0.25) is 0 Å². The number of unbranched alkanes of at least 4 members (excludes halogenated alkanes) is 1. The average molecular weight is 385 g/mol. The van der Waals surface area contributed by atoms with Crippen molar-refractivity contribution in [1.29, 1.82) is 0 Å². The van der Waals surface area contributed by atoms with Crippen LogP contribution in [0.15, 0.2) is 17.0 Å². The van der Waals surface area contributed by atoms with Crippen LogP contribution >= 0.6 is 0 Å². The van der Waals surface area contributed by atoms with Crippen LogP contribution in [0.4, 0.5) is 0 Å². The summed E-state index contributed by atoms with van der Waals surface area (Å²) in [6.45, 7) is 13.2. The fourth-order valence-corrected chi connectivity index (χ4v) is 4.52. The molecule has 0 bridgehead atoms. The van der Waals surface area contributed by atoms with Gasteiger partial charge < -0.3 is 10.2 Å². The predicted octanol–water partition coefficient (Wildman–Crippen LogP) is 4.40. The van der Waals surface area contributed by atoms with E-state index in [0.717, 1.165) is 6.42 Å². The van der Waals surface area contributed by atoms with Gasteiger partial charge in [0.25, 0.3) is 0 Å². The number of benzene rings is 1. The summed E-state index contributed by atoms with van der Waals surface area (Å²) in [6, 6.07) is 2.86. The van der Waals surface area contributed by atoms with Gasteiger partial charge in [-0.05, 0) is 29.4 Å². The van der Waals surface area contributed by atoms with E-state index in [2.05, 4.69) is 0 Å². The van der Waals surface area contributed by atoms with Gasteiger partial charge in [0.1, 0.15) is 5.75 Å². The van der Waals surface area contributed by atoms with Crippen LogP contribution in [0.25, 0.3) is 0 Å². The molecule has 1 atom stereocenters. The number of aliphatic carboxylic acids is 1. The molecule has 0 radical (unpaired) electrons. The van der Waals surface area contributed by atoms with Crippen molar-refractivity contribution in [1.82, 2.24) is 0 Å². The molecule has 0 aliphatic rings. The number of hydrogen-bond acceptors (Lipinski definition) is 4. The van der Waals surface area contributed by atoms with Crippen LogP contribution in [0.1, 0.15) is 78.9 Å². The Balaban J connectivity index is 3.73. The molecule has 0 aliphatic heterocycles. The Morgan fingerprint density at radius 3 is 1.77 bits per heavy atom. The van der Waals surface area contributed by atoms with Crippen LogP contribution in [0.3, 0.4) is 0 Å². The van der Waals surface area contributed by atoms with Crippen molar-refractivity contribution in [2.75, 3.05) is 0 Å². The van der Waals surface area contributed by atoms with Crippen molar-refractivity contribution < 1.29 is 23.4 Å². The molecule has 0 heterocycles. The van der Waals surface area contributed by atoms with Gasteiger partial charge in [-0.2, -0.15) is 0 Å². The first-order valence-electron chi connectivity index (χ1n) is 8.98. The Labute approximate surface area is 157 Å². The second-order valence-corrected chi connectivity index (χ2v) is 11.0. The Bertz CT molecular complexity index is 729. The lowest BCUT2D eigenvalue weighted by atomic mass is 9.79. The van der Waals surface area contributed by atoms with Gasteiger partial charge >= 0.3 is 5.97 Å². The number of carbonyl (C=O) groups is 1. The maximum atomic E-state index is 13.1. The van der Waals surface area contributed by atoms with Crippen LogP contribution < -0.4 is 0 Å². The van der Waals surface area contributed by atoms with Gasteiger partial charge in [0.15, 0.2) is 15.1 Å². The Kier molecular flexibility index (Phi) is 6.56. The van der Waals surface area contributed by atoms with Gasteiger partial charge in [-0.1, -0.05) is 61.3 Å². The largest absolute Gasteiger partial charge is 0.507 e. The van der Waals surface area contributed by atoms with E-state index in [4.69, 9.17) is 0 Å². The molecule has 0 spiro atoms. The van der Waals surface area contributed by atoms with Crippen molar-refractivity contribution in [3.8, 4) is 5.75 Å². The number of carboxylic acids is 1. The number of phenolic OH excluding ortho intramolecular Hbond substituents is 1. The minimum atomic E-state index is -4.07. The van der Waals surface area contributed by atoms with Gasteiger partial charge in [-0.25, -0.2) is 8.42 Å². The van der Waals surface area contributed by atoms with Crippen LogP contribution in [0, 0.1) is 0 Å². The monoisotopic (exact) mass is 384 g/mol. The lowest BCUT2D eigenvalue weighted by Gasteiger charge is -2.28. The third-order valence-corrected chi connectivity index (χ3v) is 6.58. The quantitative estimate of drug-likeness (QED) is 0.758. The smallest absolute Gasteiger partial charge is 0.322 e. The molecule has 148 valence electrons. The molecule has 0 aromatic heterocycles. The summed E-state index contributed by atoms with van der Waals surface area (Å²) in [4.78, 5) is 11.6. The molecule has 1 unspecified atom stereocenters. The number of aromatic hydroxyl groups is 1. The highest BCUT2D eigenvalue weighted by atomic mass is 32.2. The van der Waals surface area contributed by atoms with E-state index in [1.54, 1.807) is 0 Å². The van der Waals surface area contributed by atoms with E-state index in [1.165, 1.54) is 12.1 Å².